The molecule has 0 aliphatic rings. The van der Waals surface area contributed by atoms with Crippen LogP contribution >= 0.6 is 0 Å². The molecule has 1 heteroatoms. The standard InChI is InChI=1S/C18H20O/c1-12(2)17-15(11-19)9-6-10-16(17)18-13(3)7-5-8-14(18)4/h5-12H,1-4H3. The molecule has 0 N–H and O–H groups in total. The van der Waals surface area contributed by atoms with Crippen molar-refractivity contribution in [3.63, 3.8) is 0 Å². The van der Waals surface area contributed by atoms with Crippen molar-refractivity contribution >= 4 is 6.29 Å². The number of benzene rings is 2. The molecule has 98 valence electrons. The summed E-state index contributed by atoms with van der Waals surface area (Å²) in [5.74, 6) is 0.329. The molecular formula is C18H20O. The van der Waals surface area contributed by atoms with Crippen molar-refractivity contribution in [3.8, 4) is 11.1 Å². The first-order valence-corrected chi connectivity index (χ1v) is 6.71. The summed E-state index contributed by atoms with van der Waals surface area (Å²) in [5, 5.41) is 0. The van der Waals surface area contributed by atoms with E-state index in [1.165, 1.54) is 22.3 Å². The van der Waals surface area contributed by atoms with Gasteiger partial charge in [-0.15, -0.1) is 0 Å². The average Bonchev–Trinajstić information content (AvgIpc) is 2.37. The van der Waals surface area contributed by atoms with Crippen LogP contribution in [-0.2, 0) is 0 Å². The predicted molar refractivity (Wildman–Crippen MR) is 80.8 cm³/mol. The third-order valence-corrected chi connectivity index (χ3v) is 3.59. The average molecular weight is 252 g/mol. The van der Waals surface area contributed by atoms with Crippen molar-refractivity contribution in [1.29, 1.82) is 0 Å². The molecular weight excluding hydrogens is 232 g/mol. The molecule has 0 saturated carbocycles. The molecule has 0 heterocycles. The quantitative estimate of drug-likeness (QED) is 0.710. The van der Waals surface area contributed by atoms with E-state index in [2.05, 4.69) is 52.0 Å². The van der Waals surface area contributed by atoms with E-state index in [1.807, 2.05) is 12.1 Å². The SMILES string of the molecule is Cc1cccc(C)c1-c1cccc(C=O)c1C(C)C. The van der Waals surface area contributed by atoms with Gasteiger partial charge in [-0.3, -0.25) is 4.79 Å². The third kappa shape index (κ3) is 2.46. The highest BCUT2D eigenvalue weighted by atomic mass is 16.1. The number of carbonyl (C=O) groups is 1. The smallest absolute Gasteiger partial charge is 0.150 e. The highest BCUT2D eigenvalue weighted by Gasteiger charge is 2.15. The van der Waals surface area contributed by atoms with Gasteiger partial charge in [0.15, 0.2) is 0 Å². The van der Waals surface area contributed by atoms with Gasteiger partial charge in [0.2, 0.25) is 0 Å². The Morgan fingerprint density at radius 2 is 1.53 bits per heavy atom. The van der Waals surface area contributed by atoms with Crippen LogP contribution in [-0.4, -0.2) is 6.29 Å². The first kappa shape index (κ1) is 13.5. The van der Waals surface area contributed by atoms with Crippen LogP contribution in [0.1, 0.15) is 46.8 Å². The van der Waals surface area contributed by atoms with E-state index in [0.29, 0.717) is 5.92 Å². The van der Waals surface area contributed by atoms with Crippen molar-refractivity contribution in [2.45, 2.75) is 33.6 Å². The normalized spacial score (nSPS) is 10.8. The van der Waals surface area contributed by atoms with E-state index < -0.39 is 0 Å². The van der Waals surface area contributed by atoms with Crippen LogP contribution in [0.3, 0.4) is 0 Å². The minimum atomic E-state index is 0.329. The second-order valence-corrected chi connectivity index (χ2v) is 5.35. The molecule has 0 atom stereocenters. The number of hydrogen-bond donors (Lipinski definition) is 0. The van der Waals surface area contributed by atoms with Crippen LogP contribution in [0.2, 0.25) is 0 Å². The second-order valence-electron chi connectivity index (χ2n) is 5.35. The largest absolute Gasteiger partial charge is 0.298 e. The molecule has 19 heavy (non-hydrogen) atoms. The lowest BCUT2D eigenvalue weighted by Gasteiger charge is -2.18. The topological polar surface area (TPSA) is 17.1 Å². The molecule has 0 fully saturated rings. The lowest BCUT2D eigenvalue weighted by Crippen LogP contribution is -2.00. The van der Waals surface area contributed by atoms with E-state index >= 15 is 0 Å². The van der Waals surface area contributed by atoms with Crippen LogP contribution < -0.4 is 0 Å². The highest BCUT2D eigenvalue weighted by Crippen LogP contribution is 2.35. The van der Waals surface area contributed by atoms with E-state index in [1.54, 1.807) is 0 Å². The Kier molecular flexibility index (Phi) is 3.84. The molecule has 0 aromatic heterocycles. The maximum absolute atomic E-state index is 11.3. The molecule has 0 saturated heterocycles. The van der Waals surface area contributed by atoms with E-state index in [0.717, 1.165) is 17.4 Å². The molecule has 2 rings (SSSR count). The molecule has 0 bridgehead atoms. The van der Waals surface area contributed by atoms with Gasteiger partial charge in [-0.25, -0.2) is 0 Å². The Morgan fingerprint density at radius 1 is 0.947 bits per heavy atom. The summed E-state index contributed by atoms with van der Waals surface area (Å²) < 4.78 is 0. The molecule has 0 spiro atoms. The van der Waals surface area contributed by atoms with Gasteiger partial charge < -0.3 is 0 Å². The van der Waals surface area contributed by atoms with Crippen molar-refractivity contribution in [1.82, 2.24) is 0 Å². The Bertz CT molecular complexity index is 589. The fraction of sp³-hybridized carbons (Fsp3) is 0.278. The molecule has 0 unspecified atom stereocenters. The Hall–Kier alpha value is -1.89. The zero-order chi connectivity index (χ0) is 14.0. The summed E-state index contributed by atoms with van der Waals surface area (Å²) in [6.07, 6.45) is 0.965. The van der Waals surface area contributed by atoms with Crippen molar-refractivity contribution in [2.75, 3.05) is 0 Å². The van der Waals surface area contributed by atoms with Crippen LogP contribution in [0.25, 0.3) is 11.1 Å². The number of rotatable bonds is 3. The van der Waals surface area contributed by atoms with Crippen molar-refractivity contribution < 1.29 is 4.79 Å². The lowest BCUT2D eigenvalue weighted by molar-refractivity contribution is 0.112. The van der Waals surface area contributed by atoms with Gasteiger partial charge in [0.25, 0.3) is 0 Å². The van der Waals surface area contributed by atoms with Gasteiger partial charge in [0.1, 0.15) is 6.29 Å². The number of carbonyl (C=O) groups excluding carboxylic acids is 1. The van der Waals surface area contributed by atoms with Crippen LogP contribution in [0.4, 0.5) is 0 Å². The van der Waals surface area contributed by atoms with E-state index in [9.17, 15) is 4.79 Å². The van der Waals surface area contributed by atoms with Crippen LogP contribution in [0.5, 0.6) is 0 Å². The fourth-order valence-corrected chi connectivity index (χ4v) is 2.79. The summed E-state index contributed by atoms with van der Waals surface area (Å²) in [4.78, 5) is 11.3. The monoisotopic (exact) mass is 252 g/mol. The number of aldehydes is 1. The summed E-state index contributed by atoms with van der Waals surface area (Å²) >= 11 is 0. The zero-order valence-corrected chi connectivity index (χ0v) is 12.0. The summed E-state index contributed by atoms with van der Waals surface area (Å²) in [6.45, 7) is 8.53. The Labute approximate surface area is 115 Å². The van der Waals surface area contributed by atoms with E-state index in [4.69, 9.17) is 0 Å². The van der Waals surface area contributed by atoms with Gasteiger partial charge >= 0.3 is 0 Å². The van der Waals surface area contributed by atoms with Gasteiger partial charge in [0.05, 0.1) is 0 Å². The van der Waals surface area contributed by atoms with Gasteiger partial charge in [0, 0.05) is 5.56 Å². The molecule has 2 aromatic rings. The third-order valence-electron chi connectivity index (χ3n) is 3.59. The van der Waals surface area contributed by atoms with Gasteiger partial charge in [-0.05, 0) is 47.6 Å². The maximum Gasteiger partial charge on any atom is 0.150 e. The van der Waals surface area contributed by atoms with Gasteiger partial charge in [-0.1, -0.05) is 50.2 Å². The minimum absolute atomic E-state index is 0.329. The Morgan fingerprint density at radius 3 is 2.05 bits per heavy atom. The summed E-state index contributed by atoms with van der Waals surface area (Å²) in [6, 6.07) is 12.3. The van der Waals surface area contributed by atoms with Gasteiger partial charge in [-0.2, -0.15) is 0 Å². The molecule has 0 amide bonds. The van der Waals surface area contributed by atoms with Crippen LogP contribution in [0, 0.1) is 13.8 Å². The Balaban J connectivity index is 2.79. The molecule has 0 radical (unpaired) electrons. The highest BCUT2D eigenvalue weighted by molar-refractivity contribution is 5.85. The predicted octanol–water partition coefficient (Wildman–Crippen LogP) is 4.91. The van der Waals surface area contributed by atoms with Crippen molar-refractivity contribution in [2.24, 2.45) is 0 Å². The molecule has 0 aliphatic heterocycles. The lowest BCUT2D eigenvalue weighted by atomic mass is 9.85. The molecule has 0 aliphatic carbocycles. The summed E-state index contributed by atoms with van der Waals surface area (Å²) in [7, 11) is 0. The first-order valence-electron chi connectivity index (χ1n) is 6.71. The minimum Gasteiger partial charge on any atom is -0.298 e. The second kappa shape index (κ2) is 5.40. The number of hydrogen-bond acceptors (Lipinski definition) is 1. The van der Waals surface area contributed by atoms with Crippen LogP contribution in [0.15, 0.2) is 36.4 Å². The summed E-state index contributed by atoms with van der Waals surface area (Å²) in [5.41, 5.74) is 6.91. The van der Waals surface area contributed by atoms with E-state index in [-0.39, 0.29) is 0 Å². The maximum atomic E-state index is 11.3. The number of aryl methyl sites for hydroxylation is 2. The fourth-order valence-electron chi connectivity index (χ4n) is 2.79. The molecule has 1 nitrogen and oxygen atoms in total. The molecule has 2 aromatic carbocycles. The zero-order valence-electron chi connectivity index (χ0n) is 12.0. The van der Waals surface area contributed by atoms with Crippen molar-refractivity contribution in [3.05, 3.63) is 58.7 Å². The first-order chi connectivity index (χ1) is 9.06.